The summed E-state index contributed by atoms with van der Waals surface area (Å²) in [6.45, 7) is 3.87. The zero-order chi connectivity index (χ0) is 24.2. The number of hydrogen-bond donors (Lipinski definition) is 4. The van der Waals surface area contributed by atoms with Crippen molar-refractivity contribution in [2.45, 2.75) is 31.9 Å². The van der Waals surface area contributed by atoms with Crippen LogP contribution in [-0.2, 0) is 14.8 Å². The molecule has 2 aromatic carbocycles. The first-order valence-electron chi connectivity index (χ1n) is 10.8. The number of carboxylic acids is 1. The predicted molar refractivity (Wildman–Crippen MR) is 127 cm³/mol. The summed E-state index contributed by atoms with van der Waals surface area (Å²) in [6.07, 6.45) is 1.15. The van der Waals surface area contributed by atoms with Crippen LogP contribution in [0.1, 0.15) is 30.1 Å². The lowest BCUT2D eigenvalue weighted by molar-refractivity contribution is -0.134. The number of aliphatic hydroxyl groups is 1. The van der Waals surface area contributed by atoms with Crippen LogP contribution >= 0.6 is 0 Å². The van der Waals surface area contributed by atoms with Crippen molar-refractivity contribution in [3.8, 4) is 5.75 Å². The molecule has 1 aliphatic heterocycles. The monoisotopic (exact) mass is 477 g/mol. The summed E-state index contributed by atoms with van der Waals surface area (Å²) in [7, 11) is -2.57. The number of carbonyl (C=O) groups is 1. The maximum Gasteiger partial charge on any atom is 0.320 e. The number of benzene rings is 2. The third-order valence-corrected chi connectivity index (χ3v) is 7.66. The molecule has 1 atom stereocenters. The minimum absolute atomic E-state index is 0.216. The number of carboxylic acid groups (broad SMARTS) is 1. The average Bonchev–Trinajstić information content (AvgIpc) is 2.78. The first kappa shape index (κ1) is 24.8. The van der Waals surface area contributed by atoms with Gasteiger partial charge in [0, 0.05) is 38.4 Å². The van der Waals surface area contributed by atoms with Crippen LogP contribution in [0.4, 0.5) is 11.4 Å². The van der Waals surface area contributed by atoms with Crippen molar-refractivity contribution in [2.24, 2.45) is 0 Å². The second-order valence-electron chi connectivity index (χ2n) is 8.37. The normalized spacial score (nSPS) is 15.9. The van der Waals surface area contributed by atoms with Gasteiger partial charge in [-0.2, -0.15) is 0 Å². The number of hydrogen-bond acceptors (Lipinski definition) is 7. The van der Waals surface area contributed by atoms with Gasteiger partial charge in [0.15, 0.2) is 5.75 Å². The number of phenols is 1. The fraction of sp³-hybridized carbons (Fsp3) is 0.435. The summed E-state index contributed by atoms with van der Waals surface area (Å²) in [6, 6.07) is 12.4. The molecule has 3 rings (SSSR count). The van der Waals surface area contributed by atoms with Crippen molar-refractivity contribution in [3.05, 3.63) is 53.6 Å². The van der Waals surface area contributed by atoms with Crippen molar-refractivity contribution >= 4 is 27.4 Å². The van der Waals surface area contributed by atoms with Crippen LogP contribution in [0.3, 0.4) is 0 Å². The number of aliphatic hydroxyl groups excluding tert-OH is 1. The standard InChI is InChI=1S/C23H31N3O6S/c1-16-13-17(3-8-21(16)27)22(28)14-24-18-9-11-26(12-10-18)20-6-4-19(5-7-20)25(2)33(31,32)15-23(29)30/h3-8,13,18,22,24,27-28H,9-12,14-15H2,1-2H3,(H,29,30)/t22-/m0/s1. The highest BCUT2D eigenvalue weighted by Crippen LogP contribution is 2.25. The topological polar surface area (TPSA) is 130 Å². The van der Waals surface area contributed by atoms with Crippen molar-refractivity contribution in [1.29, 1.82) is 0 Å². The summed E-state index contributed by atoms with van der Waals surface area (Å²) in [4.78, 5) is 13.0. The third-order valence-electron chi connectivity index (χ3n) is 6.00. The van der Waals surface area contributed by atoms with Crippen molar-refractivity contribution in [2.75, 3.05) is 41.6 Å². The first-order valence-corrected chi connectivity index (χ1v) is 12.4. The van der Waals surface area contributed by atoms with E-state index >= 15 is 0 Å². The molecule has 1 aliphatic rings. The van der Waals surface area contributed by atoms with Crippen LogP contribution in [0.25, 0.3) is 0 Å². The Morgan fingerprint density at radius 3 is 2.39 bits per heavy atom. The number of anilines is 2. The average molecular weight is 478 g/mol. The van der Waals surface area contributed by atoms with E-state index in [-0.39, 0.29) is 11.8 Å². The zero-order valence-electron chi connectivity index (χ0n) is 18.8. The Bertz CT molecular complexity index is 1070. The van der Waals surface area contributed by atoms with Crippen molar-refractivity contribution in [1.82, 2.24) is 5.32 Å². The molecule has 0 bridgehead atoms. The molecule has 0 aliphatic carbocycles. The summed E-state index contributed by atoms with van der Waals surface area (Å²) in [5, 5.41) is 32.3. The number of aryl methyl sites for hydroxylation is 1. The molecule has 1 fully saturated rings. The largest absolute Gasteiger partial charge is 0.508 e. The van der Waals surface area contributed by atoms with Crippen LogP contribution < -0.4 is 14.5 Å². The van der Waals surface area contributed by atoms with E-state index in [0.717, 1.165) is 47.1 Å². The molecule has 180 valence electrons. The van der Waals surface area contributed by atoms with Gasteiger partial charge in [0.05, 0.1) is 11.8 Å². The molecule has 4 N–H and O–H groups in total. The van der Waals surface area contributed by atoms with Gasteiger partial charge in [0.2, 0.25) is 10.0 Å². The van der Waals surface area contributed by atoms with Gasteiger partial charge in [-0.25, -0.2) is 8.42 Å². The van der Waals surface area contributed by atoms with E-state index < -0.39 is 27.8 Å². The SMILES string of the molecule is Cc1cc([C@@H](O)CNC2CCN(c3ccc(N(C)S(=O)(=O)CC(=O)O)cc3)CC2)ccc1O. The quantitative estimate of drug-likeness (QED) is 0.430. The van der Waals surface area contributed by atoms with E-state index in [1.54, 1.807) is 37.3 Å². The number of aliphatic carboxylic acids is 1. The smallest absolute Gasteiger partial charge is 0.320 e. The van der Waals surface area contributed by atoms with Crippen LogP contribution in [0, 0.1) is 6.92 Å². The molecule has 0 radical (unpaired) electrons. The molecule has 0 aromatic heterocycles. The number of nitrogens with one attached hydrogen (secondary N) is 1. The highest BCUT2D eigenvalue weighted by atomic mass is 32.2. The summed E-state index contributed by atoms with van der Waals surface area (Å²) in [5.41, 5.74) is 2.89. The van der Waals surface area contributed by atoms with Gasteiger partial charge >= 0.3 is 5.97 Å². The number of aromatic hydroxyl groups is 1. The van der Waals surface area contributed by atoms with Crippen LogP contribution in [0.15, 0.2) is 42.5 Å². The number of phenolic OH excluding ortho intramolecular Hbond substituents is 1. The molecule has 1 saturated heterocycles. The molecular formula is C23H31N3O6S. The number of sulfonamides is 1. The molecule has 1 heterocycles. The second kappa shape index (κ2) is 10.4. The van der Waals surface area contributed by atoms with Gasteiger partial charge in [-0.1, -0.05) is 6.07 Å². The van der Waals surface area contributed by atoms with Crippen molar-refractivity contribution < 1.29 is 28.5 Å². The third kappa shape index (κ3) is 6.37. The molecule has 0 unspecified atom stereocenters. The van der Waals surface area contributed by atoms with Gasteiger partial charge in [-0.05, 0) is 67.3 Å². The Balaban J connectivity index is 1.50. The second-order valence-corrected chi connectivity index (χ2v) is 10.4. The minimum atomic E-state index is -3.92. The molecule has 0 saturated carbocycles. The maximum atomic E-state index is 12.1. The first-order chi connectivity index (χ1) is 15.6. The molecule has 10 heteroatoms. The highest BCUT2D eigenvalue weighted by molar-refractivity contribution is 7.93. The fourth-order valence-electron chi connectivity index (χ4n) is 3.91. The number of rotatable bonds is 9. The Morgan fingerprint density at radius 2 is 1.82 bits per heavy atom. The Morgan fingerprint density at radius 1 is 1.18 bits per heavy atom. The molecular weight excluding hydrogens is 446 g/mol. The lowest BCUT2D eigenvalue weighted by atomic mass is 10.0. The Labute approximate surface area is 194 Å². The van der Waals surface area contributed by atoms with Crippen LogP contribution in [-0.4, -0.2) is 68.2 Å². The van der Waals surface area contributed by atoms with E-state index in [0.29, 0.717) is 12.2 Å². The van der Waals surface area contributed by atoms with E-state index in [9.17, 15) is 23.4 Å². The minimum Gasteiger partial charge on any atom is -0.508 e. The molecule has 0 spiro atoms. The summed E-state index contributed by atoms with van der Waals surface area (Å²) < 4.78 is 25.2. The van der Waals surface area contributed by atoms with Gasteiger partial charge in [-0.3, -0.25) is 9.10 Å². The van der Waals surface area contributed by atoms with Gasteiger partial charge in [0.1, 0.15) is 5.75 Å². The highest BCUT2D eigenvalue weighted by Gasteiger charge is 2.23. The number of nitrogens with zero attached hydrogens (tertiary/aromatic N) is 2. The van der Waals surface area contributed by atoms with Gasteiger partial charge in [-0.15, -0.1) is 0 Å². The predicted octanol–water partition coefficient (Wildman–Crippen LogP) is 1.84. The summed E-state index contributed by atoms with van der Waals surface area (Å²) >= 11 is 0. The molecule has 0 amide bonds. The van der Waals surface area contributed by atoms with Crippen LogP contribution in [0.5, 0.6) is 5.75 Å². The van der Waals surface area contributed by atoms with Crippen molar-refractivity contribution in [3.63, 3.8) is 0 Å². The summed E-state index contributed by atoms with van der Waals surface area (Å²) in [5.74, 6) is -2.12. The number of piperidine rings is 1. The van der Waals surface area contributed by atoms with Gasteiger partial charge < -0.3 is 25.5 Å². The lowest BCUT2D eigenvalue weighted by Crippen LogP contribution is -2.43. The molecule has 9 nitrogen and oxygen atoms in total. The lowest BCUT2D eigenvalue weighted by Gasteiger charge is -2.34. The van der Waals surface area contributed by atoms with Gasteiger partial charge in [0.25, 0.3) is 0 Å². The molecule has 33 heavy (non-hydrogen) atoms. The fourth-order valence-corrected chi connectivity index (χ4v) is 4.86. The van der Waals surface area contributed by atoms with E-state index in [4.69, 9.17) is 5.11 Å². The van der Waals surface area contributed by atoms with Crippen LogP contribution in [0.2, 0.25) is 0 Å². The zero-order valence-corrected chi connectivity index (χ0v) is 19.6. The van der Waals surface area contributed by atoms with E-state index in [2.05, 4.69) is 10.2 Å². The maximum absolute atomic E-state index is 12.1. The van der Waals surface area contributed by atoms with E-state index in [1.165, 1.54) is 7.05 Å². The Kier molecular flexibility index (Phi) is 7.83. The Hall–Kier alpha value is -2.82. The van der Waals surface area contributed by atoms with E-state index in [1.807, 2.05) is 12.1 Å². The molecule has 2 aromatic rings.